The summed E-state index contributed by atoms with van der Waals surface area (Å²) in [5.41, 5.74) is 5.27. The maximum atomic E-state index is 9.52. The van der Waals surface area contributed by atoms with Crippen LogP contribution in [-0.2, 0) is 0 Å². The molecule has 0 aliphatic rings. The van der Waals surface area contributed by atoms with Gasteiger partial charge in [0, 0.05) is 33.0 Å². The molecule has 7 aromatic carbocycles. The van der Waals surface area contributed by atoms with E-state index in [1.165, 1.54) is 0 Å². The highest BCUT2D eigenvalue weighted by atomic mass is 15.0. The van der Waals surface area contributed by atoms with Crippen molar-refractivity contribution in [2.75, 3.05) is 0 Å². The van der Waals surface area contributed by atoms with Gasteiger partial charge in [0.2, 0.25) is 0 Å². The third kappa shape index (κ3) is 5.26. The molecule has 9 aromatic rings. The van der Waals surface area contributed by atoms with E-state index in [2.05, 4.69) is 0 Å². The molecule has 0 fully saturated rings. The number of para-hydroxylation sites is 1. The molecular weight excluding hydrogens is 597 g/mol. The fourth-order valence-electron chi connectivity index (χ4n) is 6.16. The molecule has 9 rings (SSSR count). The Morgan fingerprint density at radius 1 is 0.408 bits per heavy atom. The van der Waals surface area contributed by atoms with E-state index in [1.807, 2.05) is 115 Å². The van der Waals surface area contributed by atoms with Gasteiger partial charge in [-0.3, -0.25) is 0 Å². The molecule has 0 amide bonds. The SMILES string of the molecule is [2H]c1c([2H])c([2H])c2c(c1[2H])c1c([2H])c(-c3ccccc3)c([2H])c([2H])c1n2-c1ccc(-c2nc(-c3ccccc3)nc(-c3ccccc3)n2)cc1-c1ccccc1. The van der Waals surface area contributed by atoms with Gasteiger partial charge in [-0.2, -0.15) is 0 Å². The first-order valence-corrected chi connectivity index (χ1v) is 15.9. The Hall–Kier alpha value is -6.65. The Morgan fingerprint density at radius 2 is 0.918 bits per heavy atom. The summed E-state index contributed by atoms with van der Waals surface area (Å²) in [7, 11) is 0. The molecule has 4 nitrogen and oxygen atoms in total. The van der Waals surface area contributed by atoms with E-state index in [-0.39, 0.29) is 57.6 Å². The molecule has 0 saturated carbocycles. The zero-order valence-corrected chi connectivity index (χ0v) is 26.1. The van der Waals surface area contributed by atoms with Gasteiger partial charge in [-0.15, -0.1) is 0 Å². The number of benzene rings is 7. The minimum atomic E-state index is -0.444. The van der Waals surface area contributed by atoms with Crippen molar-refractivity contribution in [3.05, 3.63) is 182 Å². The lowest BCUT2D eigenvalue weighted by molar-refractivity contribution is 1.07. The molecule has 4 heteroatoms. The van der Waals surface area contributed by atoms with E-state index < -0.39 is 12.1 Å². The van der Waals surface area contributed by atoms with Gasteiger partial charge in [-0.1, -0.05) is 145 Å². The average molecular weight is 634 g/mol. The molecule has 0 bridgehead atoms. The van der Waals surface area contributed by atoms with E-state index in [1.54, 1.807) is 28.8 Å². The molecule has 0 N–H and O–H groups in total. The van der Waals surface area contributed by atoms with Crippen LogP contribution in [0.2, 0.25) is 0 Å². The van der Waals surface area contributed by atoms with Gasteiger partial charge in [0.05, 0.1) is 26.3 Å². The third-order valence-electron chi connectivity index (χ3n) is 8.50. The summed E-state index contributed by atoms with van der Waals surface area (Å²) in [6.45, 7) is 0. The Balaban J connectivity index is 1.38. The summed E-state index contributed by atoms with van der Waals surface area (Å²) >= 11 is 0. The van der Waals surface area contributed by atoms with Gasteiger partial charge in [-0.25, -0.2) is 15.0 Å². The van der Waals surface area contributed by atoms with Crippen molar-refractivity contribution in [1.82, 2.24) is 19.5 Å². The first-order valence-electron chi connectivity index (χ1n) is 19.4. The van der Waals surface area contributed by atoms with E-state index >= 15 is 0 Å². The molecule has 0 radical (unpaired) electrons. The Kier molecular flexibility index (Phi) is 5.47. The van der Waals surface area contributed by atoms with Crippen LogP contribution in [-0.4, -0.2) is 19.5 Å². The predicted molar refractivity (Wildman–Crippen MR) is 201 cm³/mol. The Bertz CT molecular complexity index is 2920. The van der Waals surface area contributed by atoms with Crippen molar-refractivity contribution < 1.29 is 9.60 Å². The van der Waals surface area contributed by atoms with E-state index in [9.17, 15) is 5.48 Å². The minimum absolute atomic E-state index is 0.0917. The van der Waals surface area contributed by atoms with Gasteiger partial charge in [-0.05, 0) is 53.0 Å². The first kappa shape index (κ1) is 22.0. The number of hydrogen-bond donors (Lipinski definition) is 0. The molecule has 49 heavy (non-hydrogen) atoms. The molecule has 0 unspecified atom stereocenters. The fourth-order valence-corrected chi connectivity index (χ4v) is 6.16. The molecule has 0 aliphatic heterocycles. The zero-order valence-electron chi connectivity index (χ0n) is 33.1. The van der Waals surface area contributed by atoms with Gasteiger partial charge in [0.25, 0.3) is 0 Å². The minimum Gasteiger partial charge on any atom is -0.309 e. The van der Waals surface area contributed by atoms with Crippen LogP contribution in [0.15, 0.2) is 182 Å². The summed E-state index contributed by atoms with van der Waals surface area (Å²) in [6.07, 6.45) is 0. The van der Waals surface area contributed by atoms with Crippen LogP contribution in [0.1, 0.15) is 9.60 Å². The van der Waals surface area contributed by atoms with Crippen LogP contribution in [0.4, 0.5) is 0 Å². The van der Waals surface area contributed by atoms with Crippen molar-refractivity contribution in [2.24, 2.45) is 0 Å². The number of fused-ring (bicyclic) bond motifs is 3. The van der Waals surface area contributed by atoms with Crippen LogP contribution in [0.3, 0.4) is 0 Å². The van der Waals surface area contributed by atoms with Crippen molar-refractivity contribution in [3.63, 3.8) is 0 Å². The van der Waals surface area contributed by atoms with Crippen molar-refractivity contribution >= 4 is 21.8 Å². The molecule has 0 aliphatic carbocycles. The normalized spacial score (nSPS) is 13.3. The summed E-state index contributed by atoms with van der Waals surface area (Å²) in [4.78, 5) is 14.7. The van der Waals surface area contributed by atoms with Crippen LogP contribution >= 0.6 is 0 Å². The predicted octanol–water partition coefficient (Wildman–Crippen LogP) is 11.3. The highest BCUT2D eigenvalue weighted by Crippen LogP contribution is 2.39. The van der Waals surface area contributed by atoms with Crippen LogP contribution in [0, 0.1) is 0 Å². The van der Waals surface area contributed by atoms with Gasteiger partial charge in [0.1, 0.15) is 0 Å². The van der Waals surface area contributed by atoms with E-state index in [0.29, 0.717) is 39.9 Å². The molecule has 230 valence electrons. The molecule has 2 heterocycles. The monoisotopic (exact) mass is 633 g/mol. The number of hydrogen-bond acceptors (Lipinski definition) is 3. The van der Waals surface area contributed by atoms with Crippen LogP contribution < -0.4 is 0 Å². The number of nitrogens with zero attached hydrogens (tertiary/aromatic N) is 4. The number of rotatable bonds is 6. The topological polar surface area (TPSA) is 43.6 Å². The summed E-state index contributed by atoms with van der Waals surface area (Å²) in [6, 6.07) is 41.5. The molecule has 0 spiro atoms. The van der Waals surface area contributed by atoms with Crippen molar-refractivity contribution in [2.45, 2.75) is 0 Å². The smallest absolute Gasteiger partial charge is 0.164 e. The highest BCUT2D eigenvalue weighted by Gasteiger charge is 2.19. The quantitative estimate of drug-likeness (QED) is 0.183. The fraction of sp³-hybridized carbons (Fsp3) is 0. The van der Waals surface area contributed by atoms with Crippen LogP contribution in [0.25, 0.3) is 83.9 Å². The summed E-state index contributed by atoms with van der Waals surface area (Å²) in [5.74, 6) is 1.41. The molecule has 2 aromatic heterocycles. The van der Waals surface area contributed by atoms with Gasteiger partial charge >= 0.3 is 0 Å². The van der Waals surface area contributed by atoms with Gasteiger partial charge in [0.15, 0.2) is 17.5 Å². The Labute approximate surface area is 294 Å². The third-order valence-corrected chi connectivity index (χ3v) is 8.50. The Morgan fingerprint density at radius 3 is 1.53 bits per heavy atom. The largest absolute Gasteiger partial charge is 0.309 e. The lowest BCUT2D eigenvalue weighted by atomic mass is 9.99. The maximum absolute atomic E-state index is 9.52. The van der Waals surface area contributed by atoms with Crippen LogP contribution in [0.5, 0.6) is 0 Å². The second-order valence-electron chi connectivity index (χ2n) is 11.5. The lowest BCUT2D eigenvalue weighted by Gasteiger charge is -2.16. The van der Waals surface area contributed by atoms with E-state index in [4.69, 9.17) is 19.1 Å². The standard InChI is InChI=1S/C45H30N4/c1-5-15-31(16-6-1)35-25-27-42-39(29-35)37-23-13-14-24-40(37)49(42)41-28-26-36(30-38(41)32-17-7-2-8-18-32)45-47-43(33-19-9-3-10-20-33)46-44(48-45)34-21-11-4-12-22-34/h1-30H/i13D,14D,23D,24D,25D,27D,29D. The van der Waals surface area contributed by atoms with E-state index in [0.717, 1.165) is 16.7 Å². The molecular formula is C45H30N4. The molecule has 0 atom stereocenters. The summed E-state index contributed by atoms with van der Waals surface area (Å²) in [5, 5.41) is 0.287. The highest BCUT2D eigenvalue weighted by molar-refractivity contribution is 6.11. The second-order valence-corrected chi connectivity index (χ2v) is 11.5. The second kappa shape index (κ2) is 12.2. The maximum Gasteiger partial charge on any atom is 0.164 e. The van der Waals surface area contributed by atoms with Crippen molar-refractivity contribution in [3.8, 4) is 62.1 Å². The first-order chi connectivity index (χ1) is 27.2. The number of aromatic nitrogens is 4. The van der Waals surface area contributed by atoms with Gasteiger partial charge < -0.3 is 4.57 Å². The zero-order chi connectivity index (χ0) is 38.7. The summed E-state index contributed by atoms with van der Waals surface area (Å²) < 4.78 is 65.5. The lowest BCUT2D eigenvalue weighted by Crippen LogP contribution is -2.02. The van der Waals surface area contributed by atoms with Crippen molar-refractivity contribution in [1.29, 1.82) is 0 Å². The molecule has 0 saturated heterocycles. The average Bonchev–Trinajstić information content (AvgIpc) is 3.62.